The van der Waals surface area contributed by atoms with Crippen LogP contribution in [0.5, 0.6) is 0 Å². The molecule has 0 aliphatic heterocycles. The van der Waals surface area contributed by atoms with Gasteiger partial charge in [0.1, 0.15) is 0 Å². The van der Waals surface area contributed by atoms with Gasteiger partial charge in [0.25, 0.3) is 0 Å². The van der Waals surface area contributed by atoms with Crippen molar-refractivity contribution in [3.63, 3.8) is 0 Å². The third-order valence-corrected chi connectivity index (χ3v) is 5.09. The summed E-state index contributed by atoms with van der Waals surface area (Å²) in [5, 5.41) is 2.83. The predicted molar refractivity (Wildman–Crippen MR) is 75.7 cm³/mol. The SMILES string of the molecule is CCN(CC1CCC1)C(CN)c1cc(Cl)cs1. The van der Waals surface area contributed by atoms with Gasteiger partial charge < -0.3 is 5.73 Å². The zero-order valence-corrected chi connectivity index (χ0v) is 11.9. The first-order valence-corrected chi connectivity index (χ1v) is 7.68. The van der Waals surface area contributed by atoms with Crippen molar-refractivity contribution < 1.29 is 0 Å². The first-order chi connectivity index (χ1) is 8.24. The Bertz CT molecular complexity index is 349. The van der Waals surface area contributed by atoms with E-state index in [1.165, 1.54) is 30.7 Å². The van der Waals surface area contributed by atoms with Crippen molar-refractivity contribution in [3.05, 3.63) is 21.3 Å². The molecule has 0 amide bonds. The van der Waals surface area contributed by atoms with Gasteiger partial charge in [-0.15, -0.1) is 11.3 Å². The van der Waals surface area contributed by atoms with E-state index in [1.54, 1.807) is 11.3 Å². The molecule has 2 rings (SSSR count). The summed E-state index contributed by atoms with van der Waals surface area (Å²) in [6.45, 7) is 5.15. The number of hydrogen-bond acceptors (Lipinski definition) is 3. The second-order valence-electron chi connectivity index (χ2n) is 4.80. The van der Waals surface area contributed by atoms with E-state index in [1.807, 2.05) is 5.38 Å². The average molecular weight is 273 g/mol. The van der Waals surface area contributed by atoms with Gasteiger partial charge in [-0.2, -0.15) is 0 Å². The highest BCUT2D eigenvalue weighted by Gasteiger charge is 2.25. The fourth-order valence-electron chi connectivity index (χ4n) is 2.43. The van der Waals surface area contributed by atoms with Crippen LogP contribution in [0.2, 0.25) is 5.02 Å². The molecule has 0 saturated heterocycles. The summed E-state index contributed by atoms with van der Waals surface area (Å²) in [4.78, 5) is 3.81. The molecule has 1 aliphatic carbocycles. The van der Waals surface area contributed by atoms with Crippen LogP contribution in [0.4, 0.5) is 0 Å². The average Bonchev–Trinajstić information content (AvgIpc) is 2.68. The van der Waals surface area contributed by atoms with Crippen LogP contribution in [-0.2, 0) is 0 Å². The molecule has 1 fully saturated rings. The largest absolute Gasteiger partial charge is 0.329 e. The first-order valence-electron chi connectivity index (χ1n) is 6.42. The van der Waals surface area contributed by atoms with Gasteiger partial charge >= 0.3 is 0 Å². The summed E-state index contributed by atoms with van der Waals surface area (Å²) < 4.78 is 0. The molecule has 1 aromatic rings. The first kappa shape index (κ1) is 13.3. The highest BCUT2D eigenvalue weighted by Crippen LogP contribution is 2.32. The van der Waals surface area contributed by atoms with Gasteiger partial charge in [-0.25, -0.2) is 0 Å². The van der Waals surface area contributed by atoms with Gasteiger partial charge in [-0.3, -0.25) is 4.90 Å². The molecule has 1 aliphatic rings. The van der Waals surface area contributed by atoms with Gasteiger partial charge in [0, 0.05) is 23.3 Å². The van der Waals surface area contributed by atoms with Crippen LogP contribution >= 0.6 is 22.9 Å². The van der Waals surface area contributed by atoms with Crippen LogP contribution < -0.4 is 5.73 Å². The minimum Gasteiger partial charge on any atom is -0.329 e. The van der Waals surface area contributed by atoms with Crippen molar-refractivity contribution >= 4 is 22.9 Å². The quantitative estimate of drug-likeness (QED) is 0.859. The van der Waals surface area contributed by atoms with E-state index in [9.17, 15) is 0 Å². The second kappa shape index (κ2) is 6.19. The van der Waals surface area contributed by atoms with Crippen molar-refractivity contribution in [2.24, 2.45) is 11.7 Å². The predicted octanol–water partition coefficient (Wildman–Crippen LogP) is 3.52. The molecule has 17 heavy (non-hydrogen) atoms. The van der Waals surface area contributed by atoms with E-state index >= 15 is 0 Å². The van der Waals surface area contributed by atoms with Gasteiger partial charge in [0.05, 0.1) is 11.1 Å². The lowest BCUT2D eigenvalue weighted by atomic mass is 9.85. The van der Waals surface area contributed by atoms with Crippen molar-refractivity contribution in [1.29, 1.82) is 0 Å². The normalized spacial score (nSPS) is 18.4. The lowest BCUT2D eigenvalue weighted by Crippen LogP contribution is -2.38. The number of rotatable bonds is 6. The molecule has 96 valence electrons. The molecule has 1 unspecified atom stereocenters. The highest BCUT2D eigenvalue weighted by atomic mass is 35.5. The summed E-state index contributed by atoms with van der Waals surface area (Å²) in [6.07, 6.45) is 4.18. The molecule has 0 aromatic carbocycles. The number of thiophene rings is 1. The fourth-order valence-corrected chi connectivity index (χ4v) is 3.66. The topological polar surface area (TPSA) is 29.3 Å². The molecule has 1 atom stereocenters. The van der Waals surface area contributed by atoms with Crippen molar-refractivity contribution in [2.45, 2.75) is 32.2 Å². The molecular formula is C13H21ClN2S. The number of hydrogen-bond donors (Lipinski definition) is 1. The Morgan fingerprint density at radius 1 is 1.59 bits per heavy atom. The molecule has 1 saturated carbocycles. The van der Waals surface area contributed by atoms with E-state index in [0.29, 0.717) is 12.6 Å². The minimum absolute atomic E-state index is 0.345. The van der Waals surface area contributed by atoms with Crippen LogP contribution in [0.15, 0.2) is 11.4 Å². The molecule has 0 spiro atoms. The zero-order valence-electron chi connectivity index (χ0n) is 10.4. The van der Waals surface area contributed by atoms with Crippen molar-refractivity contribution in [1.82, 2.24) is 4.90 Å². The van der Waals surface area contributed by atoms with E-state index in [0.717, 1.165) is 17.5 Å². The molecular weight excluding hydrogens is 252 g/mol. The van der Waals surface area contributed by atoms with Crippen molar-refractivity contribution in [3.8, 4) is 0 Å². The lowest BCUT2D eigenvalue weighted by molar-refractivity contribution is 0.143. The summed E-state index contributed by atoms with van der Waals surface area (Å²) in [5.41, 5.74) is 5.95. The van der Waals surface area contributed by atoms with Gasteiger partial charge in [-0.1, -0.05) is 24.9 Å². The van der Waals surface area contributed by atoms with Crippen LogP contribution in [0.25, 0.3) is 0 Å². The summed E-state index contributed by atoms with van der Waals surface area (Å²) in [7, 11) is 0. The Hall–Kier alpha value is -0.0900. The standard InChI is InChI=1S/C13H21ClN2S/c1-2-16(8-10-4-3-5-10)12(7-15)13-6-11(14)9-17-13/h6,9-10,12H,2-5,7-8,15H2,1H3. The molecule has 1 aromatic heterocycles. The Morgan fingerprint density at radius 3 is 2.76 bits per heavy atom. The minimum atomic E-state index is 0.345. The molecule has 2 N–H and O–H groups in total. The van der Waals surface area contributed by atoms with E-state index < -0.39 is 0 Å². The van der Waals surface area contributed by atoms with Crippen LogP contribution in [-0.4, -0.2) is 24.5 Å². The number of likely N-dealkylation sites (N-methyl/N-ethyl adjacent to an activating group) is 1. The zero-order chi connectivity index (χ0) is 12.3. The Kier molecular flexibility index (Phi) is 4.86. The Morgan fingerprint density at radius 2 is 2.35 bits per heavy atom. The Balaban J connectivity index is 2.03. The highest BCUT2D eigenvalue weighted by molar-refractivity contribution is 7.10. The number of nitrogens with zero attached hydrogens (tertiary/aromatic N) is 1. The third-order valence-electron chi connectivity index (χ3n) is 3.70. The maximum absolute atomic E-state index is 6.00. The van der Waals surface area contributed by atoms with Crippen LogP contribution in [0.3, 0.4) is 0 Å². The molecule has 1 heterocycles. The maximum Gasteiger partial charge on any atom is 0.0564 e. The van der Waals surface area contributed by atoms with E-state index in [2.05, 4.69) is 17.9 Å². The monoisotopic (exact) mass is 272 g/mol. The molecule has 4 heteroatoms. The van der Waals surface area contributed by atoms with E-state index in [-0.39, 0.29) is 0 Å². The summed E-state index contributed by atoms with van der Waals surface area (Å²) in [6, 6.07) is 2.41. The Labute approximate surface area is 113 Å². The molecule has 0 radical (unpaired) electrons. The van der Waals surface area contributed by atoms with Gasteiger partial charge in [-0.05, 0) is 31.4 Å². The summed E-state index contributed by atoms with van der Waals surface area (Å²) in [5.74, 6) is 0.888. The van der Waals surface area contributed by atoms with Crippen LogP contribution in [0.1, 0.15) is 37.1 Å². The maximum atomic E-state index is 6.00. The summed E-state index contributed by atoms with van der Waals surface area (Å²) >= 11 is 7.73. The third kappa shape index (κ3) is 3.22. The molecule has 2 nitrogen and oxygen atoms in total. The van der Waals surface area contributed by atoms with Crippen molar-refractivity contribution in [2.75, 3.05) is 19.6 Å². The number of nitrogens with two attached hydrogens (primary N) is 1. The lowest BCUT2D eigenvalue weighted by Gasteiger charge is -2.36. The fraction of sp³-hybridized carbons (Fsp3) is 0.692. The van der Waals surface area contributed by atoms with Crippen LogP contribution in [0, 0.1) is 5.92 Å². The number of halogens is 1. The van der Waals surface area contributed by atoms with E-state index in [4.69, 9.17) is 17.3 Å². The molecule has 0 bridgehead atoms. The van der Waals surface area contributed by atoms with Gasteiger partial charge in [0.2, 0.25) is 0 Å². The second-order valence-corrected chi connectivity index (χ2v) is 6.18. The smallest absolute Gasteiger partial charge is 0.0564 e. The van der Waals surface area contributed by atoms with Gasteiger partial charge in [0.15, 0.2) is 0 Å².